The second-order valence-corrected chi connectivity index (χ2v) is 5.12. The molecule has 1 aromatic carbocycles. The van der Waals surface area contributed by atoms with Gasteiger partial charge in [-0.1, -0.05) is 43.7 Å². The van der Waals surface area contributed by atoms with Gasteiger partial charge in [0.25, 0.3) is 0 Å². The standard InChI is InChI=1S/C16H28N2O/c1-4-8-16(15-9-6-5-7-10-15)17-11-13-19-14-12-18(2)3/h5-7,9-10,16-17H,4,8,11-14H2,1-3H3. The number of likely N-dealkylation sites (N-methyl/N-ethyl adjacent to an activating group) is 1. The SMILES string of the molecule is CCCC(NCCOCCN(C)C)c1ccccc1. The van der Waals surface area contributed by atoms with E-state index in [0.717, 1.165) is 26.3 Å². The van der Waals surface area contributed by atoms with Crippen LogP contribution in [0.4, 0.5) is 0 Å². The molecule has 0 spiro atoms. The molecule has 1 N–H and O–H groups in total. The van der Waals surface area contributed by atoms with E-state index in [4.69, 9.17) is 4.74 Å². The lowest BCUT2D eigenvalue weighted by molar-refractivity contribution is 0.117. The minimum absolute atomic E-state index is 0.448. The van der Waals surface area contributed by atoms with Crippen LogP contribution < -0.4 is 5.32 Å². The number of benzene rings is 1. The van der Waals surface area contributed by atoms with Crippen LogP contribution in [0, 0.1) is 0 Å². The first-order valence-electron chi connectivity index (χ1n) is 7.24. The topological polar surface area (TPSA) is 24.5 Å². The quantitative estimate of drug-likeness (QED) is 0.658. The Bertz CT molecular complexity index is 314. The first-order valence-corrected chi connectivity index (χ1v) is 7.24. The molecule has 1 unspecified atom stereocenters. The third-order valence-electron chi connectivity index (χ3n) is 3.10. The third kappa shape index (κ3) is 7.31. The first kappa shape index (κ1) is 16.2. The molecule has 0 aliphatic carbocycles. The van der Waals surface area contributed by atoms with E-state index < -0.39 is 0 Å². The van der Waals surface area contributed by atoms with Crippen LogP contribution in [0.3, 0.4) is 0 Å². The second-order valence-electron chi connectivity index (χ2n) is 5.12. The van der Waals surface area contributed by atoms with Crippen molar-refractivity contribution in [3.8, 4) is 0 Å². The van der Waals surface area contributed by atoms with Crippen molar-refractivity contribution in [2.75, 3.05) is 40.4 Å². The van der Waals surface area contributed by atoms with Crippen molar-refractivity contribution in [3.05, 3.63) is 35.9 Å². The summed E-state index contributed by atoms with van der Waals surface area (Å²) < 4.78 is 5.60. The van der Waals surface area contributed by atoms with Crippen molar-refractivity contribution in [1.29, 1.82) is 0 Å². The minimum Gasteiger partial charge on any atom is -0.379 e. The smallest absolute Gasteiger partial charge is 0.0593 e. The number of hydrogen-bond donors (Lipinski definition) is 1. The summed E-state index contributed by atoms with van der Waals surface area (Å²) in [7, 11) is 4.13. The molecule has 0 fully saturated rings. The molecular formula is C16H28N2O. The van der Waals surface area contributed by atoms with E-state index in [1.807, 2.05) is 0 Å². The van der Waals surface area contributed by atoms with E-state index in [1.165, 1.54) is 18.4 Å². The molecule has 19 heavy (non-hydrogen) atoms. The lowest BCUT2D eigenvalue weighted by Crippen LogP contribution is -2.26. The van der Waals surface area contributed by atoms with Gasteiger partial charge in [0, 0.05) is 19.1 Å². The van der Waals surface area contributed by atoms with E-state index in [9.17, 15) is 0 Å². The number of hydrogen-bond acceptors (Lipinski definition) is 3. The van der Waals surface area contributed by atoms with Crippen LogP contribution in [0.1, 0.15) is 31.4 Å². The van der Waals surface area contributed by atoms with Crippen LogP contribution in [0.2, 0.25) is 0 Å². The lowest BCUT2D eigenvalue weighted by Gasteiger charge is -2.19. The maximum atomic E-state index is 5.60. The van der Waals surface area contributed by atoms with Crippen LogP contribution in [0.5, 0.6) is 0 Å². The molecule has 3 nitrogen and oxygen atoms in total. The van der Waals surface area contributed by atoms with Gasteiger partial charge >= 0.3 is 0 Å². The average molecular weight is 264 g/mol. The summed E-state index contributed by atoms with van der Waals surface area (Å²) in [4.78, 5) is 2.14. The Morgan fingerprint density at radius 2 is 1.89 bits per heavy atom. The van der Waals surface area contributed by atoms with Crippen molar-refractivity contribution in [1.82, 2.24) is 10.2 Å². The zero-order chi connectivity index (χ0) is 13.9. The molecule has 1 rings (SSSR count). The number of ether oxygens (including phenoxy) is 1. The molecule has 3 heteroatoms. The molecule has 0 aliphatic rings. The summed E-state index contributed by atoms with van der Waals surface area (Å²) >= 11 is 0. The first-order chi connectivity index (χ1) is 9.24. The summed E-state index contributed by atoms with van der Waals surface area (Å²) in [5, 5.41) is 3.59. The third-order valence-corrected chi connectivity index (χ3v) is 3.10. The summed E-state index contributed by atoms with van der Waals surface area (Å²) in [5.41, 5.74) is 1.37. The highest BCUT2D eigenvalue weighted by Crippen LogP contribution is 2.17. The maximum Gasteiger partial charge on any atom is 0.0593 e. The van der Waals surface area contributed by atoms with Gasteiger partial charge in [0.15, 0.2) is 0 Å². The van der Waals surface area contributed by atoms with Gasteiger partial charge in [-0.3, -0.25) is 0 Å². The Kier molecular flexibility index (Phi) is 8.47. The molecule has 0 heterocycles. The Labute approximate surface area is 118 Å². The highest BCUT2D eigenvalue weighted by atomic mass is 16.5. The van der Waals surface area contributed by atoms with Crippen molar-refractivity contribution in [3.63, 3.8) is 0 Å². The predicted molar refractivity (Wildman–Crippen MR) is 81.5 cm³/mol. The summed E-state index contributed by atoms with van der Waals surface area (Å²) in [6.07, 6.45) is 2.36. The maximum absolute atomic E-state index is 5.60. The van der Waals surface area contributed by atoms with E-state index in [1.54, 1.807) is 0 Å². The van der Waals surface area contributed by atoms with Crippen molar-refractivity contribution in [2.24, 2.45) is 0 Å². The fourth-order valence-electron chi connectivity index (χ4n) is 2.02. The molecular weight excluding hydrogens is 236 g/mol. The van der Waals surface area contributed by atoms with Crippen LogP contribution in [0.15, 0.2) is 30.3 Å². The average Bonchev–Trinajstić information content (AvgIpc) is 2.42. The zero-order valence-corrected chi connectivity index (χ0v) is 12.6. The monoisotopic (exact) mass is 264 g/mol. The van der Waals surface area contributed by atoms with Gasteiger partial charge in [-0.15, -0.1) is 0 Å². The number of nitrogens with zero attached hydrogens (tertiary/aromatic N) is 1. The highest BCUT2D eigenvalue weighted by Gasteiger charge is 2.08. The van der Waals surface area contributed by atoms with E-state index >= 15 is 0 Å². The van der Waals surface area contributed by atoms with Crippen LogP contribution in [-0.2, 0) is 4.74 Å². The molecule has 1 aromatic rings. The van der Waals surface area contributed by atoms with E-state index in [2.05, 4.69) is 61.6 Å². The van der Waals surface area contributed by atoms with Crippen molar-refractivity contribution >= 4 is 0 Å². The van der Waals surface area contributed by atoms with Gasteiger partial charge < -0.3 is 15.0 Å². The zero-order valence-electron chi connectivity index (χ0n) is 12.6. The van der Waals surface area contributed by atoms with Gasteiger partial charge in [0.05, 0.1) is 13.2 Å². The predicted octanol–water partition coefficient (Wildman–Crippen LogP) is 2.70. The van der Waals surface area contributed by atoms with Gasteiger partial charge in [-0.25, -0.2) is 0 Å². The fourth-order valence-corrected chi connectivity index (χ4v) is 2.02. The normalized spacial score (nSPS) is 12.8. The Morgan fingerprint density at radius 3 is 2.53 bits per heavy atom. The van der Waals surface area contributed by atoms with Gasteiger partial charge in [-0.2, -0.15) is 0 Å². The Morgan fingerprint density at radius 1 is 1.16 bits per heavy atom. The molecule has 108 valence electrons. The van der Waals surface area contributed by atoms with Crippen LogP contribution in [0.25, 0.3) is 0 Å². The molecule has 0 radical (unpaired) electrons. The van der Waals surface area contributed by atoms with Crippen LogP contribution in [-0.4, -0.2) is 45.3 Å². The van der Waals surface area contributed by atoms with E-state index in [0.29, 0.717) is 6.04 Å². The van der Waals surface area contributed by atoms with Crippen LogP contribution >= 0.6 is 0 Å². The summed E-state index contributed by atoms with van der Waals surface area (Å²) in [6, 6.07) is 11.1. The fraction of sp³-hybridized carbons (Fsp3) is 0.625. The minimum atomic E-state index is 0.448. The number of rotatable bonds is 10. The van der Waals surface area contributed by atoms with Crippen molar-refractivity contribution in [2.45, 2.75) is 25.8 Å². The van der Waals surface area contributed by atoms with Gasteiger partial charge in [0.2, 0.25) is 0 Å². The van der Waals surface area contributed by atoms with Gasteiger partial charge in [-0.05, 0) is 26.1 Å². The summed E-state index contributed by atoms with van der Waals surface area (Å²) in [6.45, 7) is 5.70. The van der Waals surface area contributed by atoms with Crippen molar-refractivity contribution < 1.29 is 4.74 Å². The molecule has 0 bridgehead atoms. The molecule has 1 atom stereocenters. The molecule has 0 saturated heterocycles. The molecule has 0 saturated carbocycles. The Hall–Kier alpha value is -0.900. The number of nitrogens with one attached hydrogen (secondary N) is 1. The lowest BCUT2D eigenvalue weighted by atomic mass is 10.0. The molecule has 0 aliphatic heterocycles. The van der Waals surface area contributed by atoms with E-state index in [-0.39, 0.29) is 0 Å². The molecule has 0 amide bonds. The highest BCUT2D eigenvalue weighted by molar-refractivity contribution is 5.18. The largest absolute Gasteiger partial charge is 0.379 e. The summed E-state index contributed by atoms with van der Waals surface area (Å²) in [5.74, 6) is 0. The molecule has 0 aromatic heterocycles. The Balaban J connectivity index is 2.23. The second kappa shape index (κ2) is 9.96. The van der Waals surface area contributed by atoms with Gasteiger partial charge in [0.1, 0.15) is 0 Å².